The molecule has 1 saturated carbocycles. The van der Waals surface area contributed by atoms with Crippen molar-refractivity contribution < 1.29 is 22.3 Å². The van der Waals surface area contributed by atoms with Crippen molar-refractivity contribution in [2.75, 3.05) is 6.61 Å². The van der Waals surface area contributed by atoms with Crippen LogP contribution >= 0.6 is 15.9 Å². The van der Waals surface area contributed by atoms with Gasteiger partial charge in [0, 0.05) is 23.2 Å². The molecule has 0 amide bonds. The van der Waals surface area contributed by atoms with Crippen LogP contribution in [0.5, 0.6) is 0 Å². The summed E-state index contributed by atoms with van der Waals surface area (Å²) in [5.41, 5.74) is 0. The molecule has 4 nitrogen and oxygen atoms in total. The predicted octanol–water partition coefficient (Wildman–Crippen LogP) is 2.56. The molecule has 8 heteroatoms. The normalized spacial score (nSPS) is 23.2. The highest BCUT2D eigenvalue weighted by atomic mass is 79.9. The summed E-state index contributed by atoms with van der Waals surface area (Å²) >= 11 is 2.88. The van der Waals surface area contributed by atoms with Gasteiger partial charge in [-0.25, -0.2) is 21.9 Å². The molecular weight excluding hydrogens is 368 g/mol. The maximum Gasteiger partial charge on any atom is 0.244 e. The Hall–Kier alpha value is -0.570. The molecule has 0 spiro atoms. The molecule has 0 aliphatic heterocycles. The van der Waals surface area contributed by atoms with Crippen LogP contribution < -0.4 is 4.72 Å². The molecule has 2 atom stereocenters. The number of rotatable bonds is 4. The van der Waals surface area contributed by atoms with Crippen LogP contribution in [-0.2, 0) is 10.0 Å². The quantitative estimate of drug-likeness (QED) is 0.839. The van der Waals surface area contributed by atoms with Gasteiger partial charge in [-0.1, -0.05) is 12.8 Å². The summed E-state index contributed by atoms with van der Waals surface area (Å²) in [4.78, 5) is -0.605. The summed E-state index contributed by atoms with van der Waals surface area (Å²) < 4.78 is 53.8. The Bertz CT molecular complexity index is 601. The minimum Gasteiger partial charge on any atom is -0.396 e. The molecule has 2 N–H and O–H groups in total. The Morgan fingerprint density at radius 2 is 1.95 bits per heavy atom. The van der Waals surface area contributed by atoms with Gasteiger partial charge in [-0.3, -0.25) is 0 Å². The van der Waals surface area contributed by atoms with Crippen LogP contribution in [0.3, 0.4) is 0 Å². The van der Waals surface area contributed by atoms with Crippen molar-refractivity contribution in [3.05, 3.63) is 28.2 Å². The van der Waals surface area contributed by atoms with Gasteiger partial charge in [0.25, 0.3) is 0 Å². The van der Waals surface area contributed by atoms with Crippen LogP contribution in [-0.4, -0.2) is 26.2 Å². The molecule has 2 unspecified atom stereocenters. The van der Waals surface area contributed by atoms with Crippen LogP contribution in [0.1, 0.15) is 25.7 Å². The number of sulfonamides is 1. The lowest BCUT2D eigenvalue weighted by atomic mass is 9.86. The zero-order valence-corrected chi connectivity index (χ0v) is 13.6. The highest BCUT2D eigenvalue weighted by molar-refractivity contribution is 9.10. The Labute approximate surface area is 130 Å². The third-order valence-electron chi connectivity index (χ3n) is 3.68. The van der Waals surface area contributed by atoms with E-state index in [1.165, 1.54) is 0 Å². The monoisotopic (exact) mass is 383 g/mol. The lowest BCUT2D eigenvalue weighted by molar-refractivity contribution is 0.164. The Balaban J connectivity index is 2.30. The highest BCUT2D eigenvalue weighted by Crippen LogP contribution is 2.29. The molecule has 0 aromatic heterocycles. The topological polar surface area (TPSA) is 66.4 Å². The van der Waals surface area contributed by atoms with E-state index in [4.69, 9.17) is 0 Å². The zero-order valence-electron chi connectivity index (χ0n) is 11.2. The van der Waals surface area contributed by atoms with Crippen LogP contribution in [0, 0.1) is 17.6 Å². The average molecular weight is 384 g/mol. The first-order valence-electron chi connectivity index (χ1n) is 6.63. The standard InChI is InChI=1S/C13H16BrF2NO3S/c14-10-5-9(15)6-11(16)13(10)21(19,20)17-12-4-2-1-3-8(12)7-18/h5-6,8,12,17-18H,1-4,7H2. The molecular formula is C13H16BrF2NO3S. The van der Waals surface area contributed by atoms with Gasteiger partial charge in [-0.15, -0.1) is 0 Å². The molecule has 1 aromatic carbocycles. The number of aliphatic hydroxyl groups excluding tert-OH is 1. The van der Waals surface area contributed by atoms with Gasteiger partial charge < -0.3 is 5.11 Å². The lowest BCUT2D eigenvalue weighted by Gasteiger charge is -2.30. The number of nitrogens with one attached hydrogen (secondary N) is 1. The molecule has 1 aliphatic carbocycles. The summed E-state index contributed by atoms with van der Waals surface area (Å²) in [6, 6.07) is 0.997. The second-order valence-electron chi connectivity index (χ2n) is 5.15. The first-order valence-corrected chi connectivity index (χ1v) is 8.90. The van der Waals surface area contributed by atoms with Crippen molar-refractivity contribution in [2.45, 2.75) is 36.6 Å². The zero-order chi connectivity index (χ0) is 15.6. The van der Waals surface area contributed by atoms with E-state index in [2.05, 4.69) is 20.7 Å². The van der Waals surface area contributed by atoms with E-state index in [1.807, 2.05) is 0 Å². The molecule has 0 radical (unpaired) electrons. The van der Waals surface area contributed by atoms with Gasteiger partial charge >= 0.3 is 0 Å². The van der Waals surface area contributed by atoms with E-state index in [0.717, 1.165) is 25.3 Å². The van der Waals surface area contributed by atoms with Crippen molar-refractivity contribution >= 4 is 26.0 Å². The Morgan fingerprint density at radius 1 is 1.29 bits per heavy atom. The largest absolute Gasteiger partial charge is 0.396 e. The van der Waals surface area contributed by atoms with E-state index < -0.39 is 32.6 Å². The van der Waals surface area contributed by atoms with E-state index in [-0.39, 0.29) is 17.0 Å². The third kappa shape index (κ3) is 3.80. The van der Waals surface area contributed by atoms with Gasteiger partial charge in [-0.05, 0) is 40.8 Å². The summed E-state index contributed by atoms with van der Waals surface area (Å²) in [6.45, 7) is -0.125. The van der Waals surface area contributed by atoms with Crippen LogP contribution in [0.4, 0.5) is 8.78 Å². The summed E-state index contributed by atoms with van der Waals surface area (Å²) in [7, 11) is -4.13. The number of hydrogen-bond donors (Lipinski definition) is 2. The fraction of sp³-hybridized carbons (Fsp3) is 0.538. The predicted molar refractivity (Wildman–Crippen MR) is 77.2 cm³/mol. The Kier molecular flexibility index (Phi) is 5.34. The molecule has 0 bridgehead atoms. The summed E-state index contributed by atoms with van der Waals surface area (Å²) in [6.07, 6.45) is 3.08. The summed E-state index contributed by atoms with van der Waals surface area (Å²) in [5, 5.41) is 9.31. The third-order valence-corrected chi connectivity index (χ3v) is 6.14. The van der Waals surface area contributed by atoms with Crippen LogP contribution in [0.2, 0.25) is 0 Å². The first kappa shape index (κ1) is 16.8. The van der Waals surface area contributed by atoms with Gasteiger partial charge in [0.15, 0.2) is 0 Å². The van der Waals surface area contributed by atoms with Crippen LogP contribution in [0.25, 0.3) is 0 Å². The van der Waals surface area contributed by atoms with Crippen molar-refractivity contribution in [1.29, 1.82) is 0 Å². The molecule has 2 rings (SSSR count). The van der Waals surface area contributed by atoms with Crippen LogP contribution in [0.15, 0.2) is 21.5 Å². The second kappa shape index (κ2) is 6.68. The number of hydrogen-bond acceptors (Lipinski definition) is 3. The number of aliphatic hydroxyl groups is 1. The molecule has 1 aromatic rings. The van der Waals surface area contributed by atoms with Gasteiger partial charge in [0.1, 0.15) is 16.5 Å². The second-order valence-corrected chi connectivity index (χ2v) is 7.66. The molecule has 1 fully saturated rings. The average Bonchev–Trinajstić information content (AvgIpc) is 2.37. The smallest absolute Gasteiger partial charge is 0.244 e. The molecule has 118 valence electrons. The van der Waals surface area contributed by atoms with Crippen molar-refractivity contribution in [1.82, 2.24) is 4.72 Å². The molecule has 21 heavy (non-hydrogen) atoms. The van der Waals surface area contributed by atoms with E-state index >= 15 is 0 Å². The fourth-order valence-electron chi connectivity index (χ4n) is 2.63. The van der Waals surface area contributed by atoms with Crippen molar-refractivity contribution in [3.8, 4) is 0 Å². The molecule has 0 heterocycles. The Morgan fingerprint density at radius 3 is 2.57 bits per heavy atom. The van der Waals surface area contributed by atoms with Gasteiger partial charge in [-0.2, -0.15) is 0 Å². The maximum atomic E-state index is 13.8. The van der Waals surface area contributed by atoms with E-state index in [9.17, 15) is 22.3 Å². The fourth-order valence-corrected chi connectivity index (χ4v) is 5.13. The number of benzene rings is 1. The van der Waals surface area contributed by atoms with Crippen molar-refractivity contribution in [2.24, 2.45) is 5.92 Å². The number of halogens is 3. The minimum absolute atomic E-state index is 0.125. The van der Waals surface area contributed by atoms with Gasteiger partial charge in [0.2, 0.25) is 10.0 Å². The van der Waals surface area contributed by atoms with E-state index in [1.54, 1.807) is 0 Å². The molecule has 1 aliphatic rings. The minimum atomic E-state index is -4.13. The molecule has 0 saturated heterocycles. The van der Waals surface area contributed by atoms with E-state index in [0.29, 0.717) is 12.5 Å². The first-order chi connectivity index (χ1) is 9.85. The maximum absolute atomic E-state index is 13.8. The highest BCUT2D eigenvalue weighted by Gasteiger charge is 2.31. The van der Waals surface area contributed by atoms with Gasteiger partial charge in [0.05, 0.1) is 0 Å². The lowest BCUT2D eigenvalue weighted by Crippen LogP contribution is -2.43. The summed E-state index contributed by atoms with van der Waals surface area (Å²) in [5.74, 6) is -2.19. The SMILES string of the molecule is O=S(=O)(NC1CCCCC1CO)c1c(F)cc(F)cc1Br. The van der Waals surface area contributed by atoms with Crippen molar-refractivity contribution in [3.63, 3.8) is 0 Å².